The lowest BCUT2D eigenvalue weighted by molar-refractivity contribution is 0.108. The molecule has 3 heteroatoms. The van der Waals surface area contributed by atoms with Gasteiger partial charge in [-0.15, -0.1) is 0 Å². The largest absolute Gasteiger partial charge is 0.508 e. The number of phenols is 1. The van der Waals surface area contributed by atoms with Crippen LogP contribution < -0.4 is 0 Å². The molecule has 19 heavy (non-hydrogen) atoms. The number of rotatable bonds is 4. The third-order valence-electron chi connectivity index (χ3n) is 3.93. The van der Waals surface area contributed by atoms with E-state index in [1.807, 2.05) is 19.1 Å². The summed E-state index contributed by atoms with van der Waals surface area (Å²) in [6.07, 6.45) is 5.62. The number of aliphatic hydroxyl groups excluding tert-OH is 1. The molecule has 1 saturated heterocycles. The molecule has 1 fully saturated rings. The van der Waals surface area contributed by atoms with Crippen molar-refractivity contribution in [1.29, 1.82) is 0 Å². The molecule has 106 valence electrons. The fraction of sp³-hybridized carbons (Fsp3) is 0.625. The molecular weight excluding hydrogens is 238 g/mol. The van der Waals surface area contributed by atoms with Crippen LogP contribution in [0.15, 0.2) is 24.3 Å². The van der Waals surface area contributed by atoms with E-state index in [9.17, 15) is 10.2 Å². The summed E-state index contributed by atoms with van der Waals surface area (Å²) in [5.41, 5.74) is 1.23. The molecule has 2 N–H and O–H groups in total. The van der Waals surface area contributed by atoms with Crippen molar-refractivity contribution in [3.05, 3.63) is 29.8 Å². The highest BCUT2D eigenvalue weighted by atomic mass is 16.3. The highest BCUT2D eigenvalue weighted by molar-refractivity contribution is 5.25. The summed E-state index contributed by atoms with van der Waals surface area (Å²) in [5, 5.41) is 19.0. The maximum Gasteiger partial charge on any atom is 0.115 e. The minimum atomic E-state index is -0.231. The average molecular weight is 263 g/mol. The van der Waals surface area contributed by atoms with Gasteiger partial charge >= 0.3 is 0 Å². The first-order valence-corrected chi connectivity index (χ1v) is 7.35. The van der Waals surface area contributed by atoms with Crippen molar-refractivity contribution < 1.29 is 10.2 Å². The molecule has 1 aliphatic rings. The van der Waals surface area contributed by atoms with E-state index in [1.54, 1.807) is 12.1 Å². The number of aromatic hydroxyl groups is 1. The van der Waals surface area contributed by atoms with Gasteiger partial charge in [0, 0.05) is 12.6 Å². The summed E-state index contributed by atoms with van der Waals surface area (Å²) in [5.74, 6) is 0.320. The molecule has 2 atom stereocenters. The third-order valence-corrected chi connectivity index (χ3v) is 3.93. The number of hydrogen-bond donors (Lipinski definition) is 2. The predicted octanol–water partition coefficient (Wildman–Crippen LogP) is 2.91. The Kier molecular flexibility index (Phi) is 5.23. The summed E-state index contributed by atoms with van der Waals surface area (Å²) < 4.78 is 0. The van der Waals surface area contributed by atoms with Crippen LogP contribution in [0.3, 0.4) is 0 Å². The molecule has 1 heterocycles. The fourth-order valence-corrected chi connectivity index (χ4v) is 2.94. The van der Waals surface area contributed by atoms with Crippen LogP contribution in [0.25, 0.3) is 0 Å². The fourth-order valence-electron chi connectivity index (χ4n) is 2.94. The molecule has 0 radical (unpaired) electrons. The number of likely N-dealkylation sites (tertiary alicyclic amines) is 1. The Hall–Kier alpha value is -1.06. The first-order chi connectivity index (χ1) is 9.15. The van der Waals surface area contributed by atoms with Crippen LogP contribution in [0, 0.1) is 0 Å². The first kappa shape index (κ1) is 14.4. The van der Waals surface area contributed by atoms with Crippen LogP contribution in [-0.4, -0.2) is 33.8 Å². The number of phenolic OH excluding ortho intramolecular Hbond substituents is 1. The maximum absolute atomic E-state index is 9.66. The lowest BCUT2D eigenvalue weighted by atomic mass is 10.0. The second-order valence-corrected chi connectivity index (χ2v) is 5.72. The van der Waals surface area contributed by atoms with Crippen LogP contribution in [0.2, 0.25) is 0 Å². The van der Waals surface area contributed by atoms with Crippen molar-refractivity contribution in [2.45, 2.75) is 57.7 Å². The predicted molar refractivity (Wildman–Crippen MR) is 77.1 cm³/mol. The van der Waals surface area contributed by atoms with E-state index in [4.69, 9.17) is 0 Å². The Labute approximate surface area is 115 Å². The Balaban J connectivity index is 2.02. The molecule has 0 aliphatic carbocycles. The topological polar surface area (TPSA) is 43.7 Å². The highest BCUT2D eigenvalue weighted by Crippen LogP contribution is 2.23. The molecular formula is C16H25NO2. The molecule has 2 rings (SSSR count). The normalized spacial score (nSPS) is 22.9. The van der Waals surface area contributed by atoms with Crippen molar-refractivity contribution in [1.82, 2.24) is 4.90 Å². The molecule has 0 aromatic heterocycles. The van der Waals surface area contributed by atoms with Crippen LogP contribution in [0.1, 0.15) is 44.6 Å². The zero-order valence-corrected chi connectivity index (χ0v) is 11.8. The number of benzene rings is 1. The molecule has 0 bridgehead atoms. The Morgan fingerprint density at radius 2 is 1.95 bits per heavy atom. The van der Waals surface area contributed by atoms with E-state index < -0.39 is 0 Å². The van der Waals surface area contributed by atoms with Crippen LogP contribution in [-0.2, 0) is 6.54 Å². The van der Waals surface area contributed by atoms with Gasteiger partial charge in [0.2, 0.25) is 0 Å². The maximum atomic E-state index is 9.66. The second kappa shape index (κ2) is 6.92. The van der Waals surface area contributed by atoms with Gasteiger partial charge in [0.1, 0.15) is 5.75 Å². The summed E-state index contributed by atoms with van der Waals surface area (Å²) >= 11 is 0. The van der Waals surface area contributed by atoms with E-state index in [2.05, 4.69) is 4.90 Å². The summed E-state index contributed by atoms with van der Waals surface area (Å²) in [6.45, 7) is 3.90. The van der Waals surface area contributed by atoms with Crippen LogP contribution in [0.4, 0.5) is 0 Å². The lowest BCUT2D eigenvalue weighted by Gasteiger charge is -2.31. The minimum absolute atomic E-state index is 0.231. The highest BCUT2D eigenvalue weighted by Gasteiger charge is 2.22. The Bertz CT molecular complexity index is 375. The summed E-state index contributed by atoms with van der Waals surface area (Å²) in [6, 6.07) is 7.95. The molecule has 1 aliphatic heterocycles. The Morgan fingerprint density at radius 1 is 1.21 bits per heavy atom. The zero-order valence-electron chi connectivity index (χ0n) is 11.8. The lowest BCUT2D eigenvalue weighted by Crippen LogP contribution is -2.36. The number of hydrogen-bond acceptors (Lipinski definition) is 3. The van der Waals surface area contributed by atoms with Gasteiger partial charge in [-0.25, -0.2) is 0 Å². The molecule has 2 unspecified atom stereocenters. The van der Waals surface area contributed by atoms with Crippen molar-refractivity contribution in [2.75, 3.05) is 6.54 Å². The van der Waals surface area contributed by atoms with Gasteiger partial charge in [0.15, 0.2) is 0 Å². The van der Waals surface area contributed by atoms with Crippen molar-refractivity contribution in [3.8, 4) is 5.75 Å². The average Bonchev–Trinajstić information content (AvgIpc) is 2.58. The van der Waals surface area contributed by atoms with E-state index >= 15 is 0 Å². The summed E-state index contributed by atoms with van der Waals surface area (Å²) in [7, 11) is 0. The minimum Gasteiger partial charge on any atom is -0.508 e. The second-order valence-electron chi connectivity index (χ2n) is 5.72. The molecule has 1 aromatic carbocycles. The monoisotopic (exact) mass is 263 g/mol. The van der Waals surface area contributed by atoms with Gasteiger partial charge < -0.3 is 10.2 Å². The summed E-state index contributed by atoms with van der Waals surface area (Å²) in [4.78, 5) is 2.49. The van der Waals surface area contributed by atoms with Crippen molar-refractivity contribution >= 4 is 0 Å². The third kappa shape index (κ3) is 4.51. The van der Waals surface area contributed by atoms with Crippen molar-refractivity contribution in [2.24, 2.45) is 0 Å². The van der Waals surface area contributed by atoms with Gasteiger partial charge in [0.05, 0.1) is 6.10 Å². The Morgan fingerprint density at radius 3 is 2.63 bits per heavy atom. The standard InChI is InChI=1S/C16H25NO2/c1-13(18)11-15-5-3-2-4-10-17(15)12-14-6-8-16(19)9-7-14/h6-9,13,15,18-19H,2-5,10-12H2,1H3. The molecule has 0 saturated carbocycles. The number of aliphatic hydroxyl groups is 1. The quantitative estimate of drug-likeness (QED) is 0.878. The van der Waals surface area contributed by atoms with Gasteiger partial charge in [-0.1, -0.05) is 25.0 Å². The van der Waals surface area contributed by atoms with E-state index in [0.29, 0.717) is 11.8 Å². The molecule has 3 nitrogen and oxygen atoms in total. The SMILES string of the molecule is CC(O)CC1CCCCCN1Cc1ccc(O)cc1. The van der Waals surface area contributed by atoms with E-state index in [0.717, 1.165) is 19.5 Å². The number of nitrogens with zero attached hydrogens (tertiary/aromatic N) is 1. The van der Waals surface area contributed by atoms with Crippen molar-refractivity contribution in [3.63, 3.8) is 0 Å². The van der Waals surface area contributed by atoms with E-state index in [-0.39, 0.29) is 6.10 Å². The molecule has 0 amide bonds. The van der Waals surface area contributed by atoms with Gasteiger partial charge in [0.25, 0.3) is 0 Å². The van der Waals surface area contributed by atoms with Crippen LogP contribution >= 0.6 is 0 Å². The zero-order chi connectivity index (χ0) is 13.7. The van der Waals surface area contributed by atoms with Gasteiger partial charge in [-0.3, -0.25) is 4.90 Å². The first-order valence-electron chi connectivity index (χ1n) is 7.35. The van der Waals surface area contributed by atoms with Gasteiger partial charge in [-0.05, 0) is 50.4 Å². The van der Waals surface area contributed by atoms with Crippen LogP contribution in [0.5, 0.6) is 5.75 Å². The molecule has 1 aromatic rings. The van der Waals surface area contributed by atoms with Gasteiger partial charge in [-0.2, -0.15) is 0 Å². The van der Waals surface area contributed by atoms with E-state index in [1.165, 1.54) is 31.2 Å². The molecule has 0 spiro atoms. The smallest absolute Gasteiger partial charge is 0.115 e.